The molecule has 12 N–H and O–H groups in total. The second-order valence-corrected chi connectivity index (χ2v) is 13.7. The number of nitrogens with zero attached hydrogens (tertiary/aromatic N) is 2. The van der Waals surface area contributed by atoms with Gasteiger partial charge in [0.1, 0.15) is 23.0 Å². The summed E-state index contributed by atoms with van der Waals surface area (Å²) in [5.74, 6) is -5.77. The number of pyridine rings is 2. The summed E-state index contributed by atoms with van der Waals surface area (Å²) in [4.78, 5) is 80.9. The lowest BCUT2D eigenvalue weighted by molar-refractivity contribution is -0.121. The van der Waals surface area contributed by atoms with Crippen molar-refractivity contribution < 1.29 is 53.6 Å². The SMILES string of the molecule is COc1c(NC(=O)c2ccc(NC(=O)c3ccc(NC(=O)C(C/C(N)=C/N)NC=O)cn3)c(OC)c2O)ccc(C(=O)O)c1O.Cc1ccc(NC(=O)c2cc3ccccc3cn2)cc1. The van der Waals surface area contributed by atoms with Gasteiger partial charge in [0.05, 0.1) is 43.0 Å². The smallest absolute Gasteiger partial charge is 0.339 e. The summed E-state index contributed by atoms with van der Waals surface area (Å²) in [6, 6.07) is 23.7. The number of hydrogen-bond donors (Lipinski definition) is 10. The van der Waals surface area contributed by atoms with Crippen molar-refractivity contribution in [3.05, 3.63) is 143 Å². The molecular formula is C45H43N9O11. The molecule has 0 radical (unpaired) electrons. The minimum atomic E-state index is -1.42. The van der Waals surface area contributed by atoms with Crippen LogP contribution in [-0.2, 0) is 9.59 Å². The van der Waals surface area contributed by atoms with Gasteiger partial charge in [-0.05, 0) is 66.9 Å². The fourth-order valence-corrected chi connectivity index (χ4v) is 5.97. The van der Waals surface area contributed by atoms with E-state index in [1.54, 1.807) is 12.3 Å². The van der Waals surface area contributed by atoms with Gasteiger partial charge in [-0.2, -0.15) is 0 Å². The molecule has 0 aliphatic rings. The predicted octanol–water partition coefficient (Wildman–Crippen LogP) is 4.71. The highest BCUT2D eigenvalue weighted by atomic mass is 16.5. The maximum absolute atomic E-state index is 13.0. The van der Waals surface area contributed by atoms with Crippen LogP contribution in [0.25, 0.3) is 10.8 Å². The number of phenolic OH excluding ortho intramolecular Hbond substituents is 1. The van der Waals surface area contributed by atoms with Gasteiger partial charge in [0.15, 0.2) is 23.0 Å². The van der Waals surface area contributed by atoms with Crippen LogP contribution in [0.15, 0.2) is 115 Å². The van der Waals surface area contributed by atoms with E-state index in [-0.39, 0.29) is 57.8 Å². The molecule has 0 aliphatic heterocycles. The van der Waals surface area contributed by atoms with Crippen LogP contribution in [-0.4, -0.2) is 81.6 Å². The number of nitrogens with two attached hydrogens (primary N) is 2. The van der Waals surface area contributed by atoms with Crippen LogP contribution in [0.2, 0.25) is 0 Å². The average Bonchev–Trinajstić information content (AvgIpc) is 3.29. The molecule has 0 saturated heterocycles. The molecule has 0 saturated carbocycles. The van der Waals surface area contributed by atoms with E-state index >= 15 is 0 Å². The molecular weight excluding hydrogens is 843 g/mol. The number of nitrogens with one attached hydrogen (secondary N) is 5. The van der Waals surface area contributed by atoms with Crippen LogP contribution in [0.3, 0.4) is 0 Å². The number of aromatic hydroxyl groups is 2. The second kappa shape index (κ2) is 21.5. The van der Waals surface area contributed by atoms with E-state index in [2.05, 4.69) is 36.6 Å². The summed E-state index contributed by atoms with van der Waals surface area (Å²) < 4.78 is 10.2. The minimum absolute atomic E-state index is 0.0231. The molecule has 20 nitrogen and oxygen atoms in total. The molecule has 4 aromatic carbocycles. The molecule has 5 amide bonds. The molecule has 20 heteroatoms. The fraction of sp³-hybridized carbons (Fsp3) is 0.111. The molecule has 0 aliphatic carbocycles. The number of aryl methyl sites for hydroxylation is 1. The Hall–Kier alpha value is -9.20. The third kappa shape index (κ3) is 11.8. The maximum atomic E-state index is 13.0. The lowest BCUT2D eigenvalue weighted by Crippen LogP contribution is -2.41. The standard InChI is InChI=1S/C28H29N7O10.C17H14N2O/c1-44-23-18(7-4-15(21(23)37)25(39)34-17-8-5-16(28(42)43)22(38)24(17)45-2)35-26(40)19-6-3-14(11-31-19)33-27(41)20(32-12-36)9-13(30)10-29;1-12-6-8-15(9-7-12)19-17(20)16-10-13-4-2-3-5-14(13)11-18-16/h3-8,10-12,20,37-38H,9,29-30H2,1-2H3,(H,32,36)(H,33,41)(H,34,39)(H,35,40)(H,42,43);2-11H,1H3,(H,19,20)/b13-10-;. The van der Waals surface area contributed by atoms with Gasteiger partial charge >= 0.3 is 5.97 Å². The number of carboxylic acids is 1. The molecule has 1 atom stereocenters. The molecule has 6 rings (SSSR count). The Kier molecular flexibility index (Phi) is 15.5. The lowest BCUT2D eigenvalue weighted by atomic mass is 10.1. The Balaban J connectivity index is 0.000000326. The minimum Gasteiger partial charge on any atom is -0.504 e. The maximum Gasteiger partial charge on any atom is 0.339 e. The van der Waals surface area contributed by atoms with E-state index in [0.717, 1.165) is 41.4 Å². The Morgan fingerprint density at radius 3 is 1.85 bits per heavy atom. The molecule has 1 unspecified atom stereocenters. The highest BCUT2D eigenvalue weighted by molar-refractivity contribution is 6.10. The zero-order valence-corrected chi connectivity index (χ0v) is 34.9. The monoisotopic (exact) mass is 885 g/mol. The van der Waals surface area contributed by atoms with Crippen LogP contribution in [0, 0.1) is 6.92 Å². The Labute approximate surface area is 370 Å². The molecule has 2 aromatic heterocycles. The summed E-state index contributed by atoms with van der Waals surface area (Å²) in [5, 5.41) is 44.8. The van der Waals surface area contributed by atoms with Crippen LogP contribution < -0.4 is 47.5 Å². The van der Waals surface area contributed by atoms with Gasteiger partial charge in [-0.15, -0.1) is 0 Å². The molecule has 0 bridgehead atoms. The van der Waals surface area contributed by atoms with Crippen molar-refractivity contribution in [3.63, 3.8) is 0 Å². The number of aromatic carboxylic acids is 1. The number of carboxylic acid groups (broad SMARTS) is 1. The Morgan fingerprint density at radius 2 is 1.26 bits per heavy atom. The number of methoxy groups -OCH3 is 2. The quantitative estimate of drug-likeness (QED) is 0.0625. The first-order valence-electron chi connectivity index (χ1n) is 19.2. The fourth-order valence-electron chi connectivity index (χ4n) is 5.97. The number of aromatic nitrogens is 2. The zero-order valence-electron chi connectivity index (χ0n) is 34.9. The van der Waals surface area contributed by atoms with Crippen molar-refractivity contribution >= 4 is 69.5 Å². The number of carbonyl (C=O) groups excluding carboxylic acids is 5. The largest absolute Gasteiger partial charge is 0.504 e. The van der Waals surface area contributed by atoms with E-state index in [0.29, 0.717) is 12.1 Å². The van der Waals surface area contributed by atoms with E-state index in [4.69, 9.17) is 20.9 Å². The van der Waals surface area contributed by atoms with Crippen molar-refractivity contribution in [2.45, 2.75) is 19.4 Å². The van der Waals surface area contributed by atoms with Crippen LogP contribution in [0.4, 0.5) is 22.7 Å². The van der Waals surface area contributed by atoms with Crippen molar-refractivity contribution in [1.82, 2.24) is 15.3 Å². The van der Waals surface area contributed by atoms with E-state index in [9.17, 15) is 44.1 Å². The molecule has 6 aromatic rings. The summed E-state index contributed by atoms with van der Waals surface area (Å²) in [6.45, 7) is 2.01. The van der Waals surface area contributed by atoms with Crippen LogP contribution in [0.1, 0.15) is 53.7 Å². The Morgan fingerprint density at radius 1 is 0.692 bits per heavy atom. The summed E-state index contributed by atoms with van der Waals surface area (Å²) in [6.07, 6.45) is 4.33. The summed E-state index contributed by atoms with van der Waals surface area (Å²) >= 11 is 0. The first-order valence-corrected chi connectivity index (χ1v) is 19.2. The topological polar surface area (TPSA) is 320 Å². The number of carbonyl (C=O) groups is 6. The van der Waals surface area contributed by atoms with Crippen molar-refractivity contribution in [1.29, 1.82) is 0 Å². The van der Waals surface area contributed by atoms with E-state index in [1.807, 2.05) is 55.5 Å². The highest BCUT2D eigenvalue weighted by Gasteiger charge is 2.24. The van der Waals surface area contributed by atoms with Gasteiger partial charge in [0.2, 0.25) is 12.3 Å². The van der Waals surface area contributed by atoms with Gasteiger partial charge in [-0.25, -0.2) is 9.78 Å². The molecule has 65 heavy (non-hydrogen) atoms. The summed E-state index contributed by atoms with van der Waals surface area (Å²) in [5.41, 5.74) is 12.7. The van der Waals surface area contributed by atoms with Crippen LogP contribution >= 0.6 is 0 Å². The van der Waals surface area contributed by atoms with Crippen molar-refractivity contribution in [2.24, 2.45) is 11.5 Å². The van der Waals surface area contributed by atoms with Crippen molar-refractivity contribution in [2.75, 3.05) is 35.5 Å². The number of benzene rings is 4. The first kappa shape index (κ1) is 46.9. The molecule has 2 heterocycles. The highest BCUT2D eigenvalue weighted by Crippen LogP contribution is 2.40. The third-order valence-electron chi connectivity index (χ3n) is 9.32. The second-order valence-electron chi connectivity index (χ2n) is 13.7. The normalized spacial score (nSPS) is 11.2. The molecule has 0 spiro atoms. The molecule has 0 fully saturated rings. The number of rotatable bonds is 15. The molecule has 334 valence electrons. The number of ether oxygens (including phenoxy) is 2. The van der Waals surface area contributed by atoms with Gasteiger partial charge < -0.3 is 62.8 Å². The Bertz CT molecular complexity index is 2780. The number of hydrogen-bond acceptors (Lipinski definition) is 14. The van der Waals surface area contributed by atoms with Gasteiger partial charge in [-0.3, -0.25) is 29.0 Å². The number of anilines is 4. The first-order chi connectivity index (χ1) is 31.2. The predicted molar refractivity (Wildman–Crippen MR) is 240 cm³/mol. The average molecular weight is 886 g/mol. The van der Waals surface area contributed by atoms with E-state index in [1.165, 1.54) is 43.6 Å². The third-order valence-corrected chi connectivity index (χ3v) is 9.32. The summed E-state index contributed by atoms with van der Waals surface area (Å²) in [7, 11) is 2.35. The van der Waals surface area contributed by atoms with Gasteiger partial charge in [0, 0.05) is 35.6 Å². The lowest BCUT2D eigenvalue weighted by Gasteiger charge is -2.16. The van der Waals surface area contributed by atoms with E-state index < -0.39 is 46.8 Å². The van der Waals surface area contributed by atoms with Crippen LogP contribution in [0.5, 0.6) is 23.0 Å². The zero-order chi connectivity index (χ0) is 47.2. The number of amides is 5. The number of phenols is 2. The van der Waals surface area contributed by atoms with Gasteiger partial charge in [-0.1, -0.05) is 42.0 Å². The van der Waals surface area contributed by atoms with Gasteiger partial charge in [0.25, 0.3) is 17.7 Å². The van der Waals surface area contributed by atoms with Crippen molar-refractivity contribution in [3.8, 4) is 23.0 Å². The number of fused-ring (bicyclic) bond motifs is 1.